The molecular weight excluding hydrogens is 292 g/mol. The summed E-state index contributed by atoms with van der Waals surface area (Å²) >= 11 is 1.77. The second-order valence-corrected chi connectivity index (χ2v) is 6.40. The Hall–Kier alpha value is -1.98. The number of thiophene rings is 1. The molecule has 0 N–H and O–H groups in total. The number of aromatic nitrogens is 3. The van der Waals surface area contributed by atoms with E-state index in [1.807, 2.05) is 6.07 Å². The van der Waals surface area contributed by atoms with Crippen molar-refractivity contribution < 1.29 is 0 Å². The van der Waals surface area contributed by atoms with Gasteiger partial charge in [0.25, 0.3) is 0 Å². The van der Waals surface area contributed by atoms with E-state index in [0.717, 1.165) is 49.8 Å². The van der Waals surface area contributed by atoms with Crippen molar-refractivity contribution in [2.24, 2.45) is 0 Å². The predicted octanol–water partition coefficient (Wildman–Crippen LogP) is 3.06. The molecule has 4 rings (SSSR count). The largest absolute Gasteiger partial charge is 0.310 e. The molecule has 0 aliphatic carbocycles. The fraction of sp³-hybridized carbons (Fsp3) is 0.294. The summed E-state index contributed by atoms with van der Waals surface area (Å²) in [4.78, 5) is 2.51. The van der Waals surface area contributed by atoms with E-state index in [-0.39, 0.29) is 0 Å². The first-order chi connectivity index (χ1) is 10.9. The molecule has 1 aromatic carbocycles. The summed E-state index contributed by atoms with van der Waals surface area (Å²) in [5.41, 5.74) is 2.55. The number of fused-ring (bicyclic) bond motifs is 1. The first-order valence-electron chi connectivity index (χ1n) is 7.61. The first kappa shape index (κ1) is 13.7. The third-order valence-electron chi connectivity index (χ3n) is 4.14. The highest BCUT2D eigenvalue weighted by atomic mass is 32.1. The van der Waals surface area contributed by atoms with Gasteiger partial charge in [-0.3, -0.25) is 4.90 Å². The molecule has 0 spiro atoms. The quantitative estimate of drug-likeness (QED) is 0.745. The Kier molecular flexibility index (Phi) is 3.74. The molecule has 5 heteroatoms. The van der Waals surface area contributed by atoms with Crippen LogP contribution in [0.5, 0.6) is 0 Å². The van der Waals surface area contributed by atoms with E-state index in [2.05, 4.69) is 60.8 Å². The Morgan fingerprint density at radius 3 is 2.73 bits per heavy atom. The molecule has 0 saturated carbocycles. The summed E-state index contributed by atoms with van der Waals surface area (Å²) < 4.78 is 2.28. The minimum atomic E-state index is 0.955. The number of hydrogen-bond donors (Lipinski definition) is 0. The average molecular weight is 310 g/mol. The van der Waals surface area contributed by atoms with Crippen LogP contribution in [0.3, 0.4) is 0 Å². The lowest BCUT2D eigenvalue weighted by molar-refractivity contribution is 0.271. The van der Waals surface area contributed by atoms with Gasteiger partial charge in [-0.15, -0.1) is 10.2 Å². The van der Waals surface area contributed by atoms with Crippen molar-refractivity contribution in [1.82, 2.24) is 19.7 Å². The zero-order chi connectivity index (χ0) is 14.8. The lowest BCUT2D eigenvalue weighted by Crippen LogP contribution is -2.26. The topological polar surface area (TPSA) is 34.0 Å². The van der Waals surface area contributed by atoms with Crippen molar-refractivity contribution in [2.45, 2.75) is 19.5 Å². The van der Waals surface area contributed by atoms with Crippen LogP contribution >= 0.6 is 11.3 Å². The number of nitrogens with zero attached hydrogens (tertiary/aromatic N) is 4. The van der Waals surface area contributed by atoms with Gasteiger partial charge in [-0.05, 0) is 22.4 Å². The standard InChI is InChI=1S/C17H18N4S/c1-2-4-15(5-3-1)17-19-18-16-6-8-20(9-10-21(16)17)12-14-7-11-22-13-14/h1-5,7,11,13H,6,8-10,12H2. The van der Waals surface area contributed by atoms with Crippen LogP contribution in [0.15, 0.2) is 47.2 Å². The molecule has 0 amide bonds. The van der Waals surface area contributed by atoms with Crippen molar-refractivity contribution in [2.75, 3.05) is 13.1 Å². The number of rotatable bonds is 3. The summed E-state index contributed by atoms with van der Waals surface area (Å²) in [6.45, 7) is 4.07. The molecule has 0 unspecified atom stereocenters. The van der Waals surface area contributed by atoms with Crippen LogP contribution in [0.25, 0.3) is 11.4 Å². The van der Waals surface area contributed by atoms with E-state index < -0.39 is 0 Å². The van der Waals surface area contributed by atoms with Crippen molar-refractivity contribution in [1.29, 1.82) is 0 Å². The van der Waals surface area contributed by atoms with Crippen LogP contribution in [0, 0.1) is 0 Å². The summed E-state index contributed by atoms with van der Waals surface area (Å²) in [7, 11) is 0. The molecule has 4 nitrogen and oxygen atoms in total. The van der Waals surface area contributed by atoms with Gasteiger partial charge in [0.05, 0.1) is 0 Å². The van der Waals surface area contributed by atoms with E-state index in [9.17, 15) is 0 Å². The van der Waals surface area contributed by atoms with E-state index in [1.165, 1.54) is 5.56 Å². The van der Waals surface area contributed by atoms with E-state index in [1.54, 1.807) is 11.3 Å². The molecule has 0 radical (unpaired) electrons. The van der Waals surface area contributed by atoms with Crippen LogP contribution in [0.2, 0.25) is 0 Å². The Bertz CT molecular complexity index is 733. The fourth-order valence-electron chi connectivity index (χ4n) is 2.97. The fourth-order valence-corrected chi connectivity index (χ4v) is 3.63. The minimum absolute atomic E-state index is 0.955. The predicted molar refractivity (Wildman–Crippen MR) is 88.8 cm³/mol. The maximum Gasteiger partial charge on any atom is 0.164 e. The molecule has 22 heavy (non-hydrogen) atoms. The summed E-state index contributed by atoms with van der Waals surface area (Å²) in [6, 6.07) is 12.6. The maximum atomic E-state index is 4.41. The van der Waals surface area contributed by atoms with Crippen molar-refractivity contribution in [3.8, 4) is 11.4 Å². The minimum Gasteiger partial charge on any atom is -0.310 e. The number of hydrogen-bond acceptors (Lipinski definition) is 4. The van der Waals surface area contributed by atoms with Gasteiger partial charge < -0.3 is 4.57 Å². The van der Waals surface area contributed by atoms with E-state index in [4.69, 9.17) is 0 Å². The molecule has 0 saturated heterocycles. The normalized spacial score (nSPS) is 15.5. The van der Waals surface area contributed by atoms with Crippen molar-refractivity contribution in [3.05, 3.63) is 58.5 Å². The van der Waals surface area contributed by atoms with Crippen LogP contribution < -0.4 is 0 Å². The van der Waals surface area contributed by atoms with Gasteiger partial charge >= 0.3 is 0 Å². The molecule has 0 fully saturated rings. The molecule has 0 atom stereocenters. The molecule has 2 aromatic heterocycles. The summed E-state index contributed by atoms with van der Waals surface area (Å²) in [6.07, 6.45) is 0.962. The molecule has 3 aromatic rings. The smallest absolute Gasteiger partial charge is 0.164 e. The molecular formula is C17H18N4S. The molecule has 112 valence electrons. The third kappa shape index (κ3) is 2.69. The zero-order valence-corrected chi connectivity index (χ0v) is 13.2. The Balaban J connectivity index is 1.54. The van der Waals surface area contributed by atoms with Crippen LogP contribution in [-0.2, 0) is 19.5 Å². The van der Waals surface area contributed by atoms with Crippen LogP contribution in [0.1, 0.15) is 11.4 Å². The summed E-state index contributed by atoms with van der Waals surface area (Å²) in [5, 5.41) is 13.2. The SMILES string of the molecule is c1ccc(-c2nnc3n2CCN(Cc2ccsc2)CC3)cc1. The Morgan fingerprint density at radius 2 is 1.91 bits per heavy atom. The monoisotopic (exact) mass is 310 g/mol. The Morgan fingerprint density at radius 1 is 1.00 bits per heavy atom. The van der Waals surface area contributed by atoms with E-state index in [0.29, 0.717) is 0 Å². The highest BCUT2D eigenvalue weighted by Crippen LogP contribution is 2.20. The second-order valence-electron chi connectivity index (χ2n) is 5.62. The third-order valence-corrected chi connectivity index (χ3v) is 4.87. The van der Waals surface area contributed by atoms with Gasteiger partial charge in [0.1, 0.15) is 5.82 Å². The first-order valence-corrected chi connectivity index (χ1v) is 8.55. The van der Waals surface area contributed by atoms with Crippen LogP contribution in [-0.4, -0.2) is 32.8 Å². The van der Waals surface area contributed by atoms with Gasteiger partial charge in [0, 0.05) is 38.2 Å². The molecule has 1 aliphatic rings. The lowest BCUT2D eigenvalue weighted by Gasteiger charge is -2.18. The van der Waals surface area contributed by atoms with Crippen LogP contribution in [0.4, 0.5) is 0 Å². The summed E-state index contributed by atoms with van der Waals surface area (Å²) in [5.74, 6) is 2.10. The lowest BCUT2D eigenvalue weighted by atomic mass is 10.2. The highest BCUT2D eigenvalue weighted by molar-refractivity contribution is 7.07. The molecule has 0 bridgehead atoms. The second kappa shape index (κ2) is 6.02. The highest BCUT2D eigenvalue weighted by Gasteiger charge is 2.19. The molecule has 1 aliphatic heterocycles. The average Bonchev–Trinajstić information content (AvgIpc) is 3.16. The van der Waals surface area contributed by atoms with Crippen molar-refractivity contribution >= 4 is 11.3 Å². The Labute approximate surface area is 134 Å². The van der Waals surface area contributed by atoms with Gasteiger partial charge in [0.2, 0.25) is 0 Å². The van der Waals surface area contributed by atoms with Gasteiger partial charge in [-0.1, -0.05) is 30.3 Å². The van der Waals surface area contributed by atoms with E-state index >= 15 is 0 Å². The maximum absolute atomic E-state index is 4.41. The molecule has 3 heterocycles. The van der Waals surface area contributed by atoms with Gasteiger partial charge in [-0.25, -0.2) is 0 Å². The van der Waals surface area contributed by atoms with Gasteiger partial charge in [-0.2, -0.15) is 11.3 Å². The zero-order valence-electron chi connectivity index (χ0n) is 12.4. The van der Waals surface area contributed by atoms with Crippen molar-refractivity contribution in [3.63, 3.8) is 0 Å². The van der Waals surface area contributed by atoms with Gasteiger partial charge in [0.15, 0.2) is 5.82 Å². The number of benzene rings is 1.